The van der Waals surface area contributed by atoms with Crippen LogP contribution in [-0.4, -0.2) is 10.7 Å². The van der Waals surface area contributed by atoms with Crippen LogP contribution in [0.15, 0.2) is 24.3 Å². The molecule has 0 aliphatic heterocycles. The third-order valence-electron chi connectivity index (χ3n) is 5.64. The third-order valence-corrected chi connectivity index (χ3v) is 5.64. The van der Waals surface area contributed by atoms with Crippen molar-refractivity contribution in [2.24, 2.45) is 17.8 Å². The molecule has 3 aliphatic carbocycles. The van der Waals surface area contributed by atoms with Gasteiger partial charge < -0.3 is 5.11 Å². The number of hydrogen-bond acceptors (Lipinski definition) is 1. The molecule has 1 nitrogen and oxygen atoms in total. The van der Waals surface area contributed by atoms with Crippen LogP contribution in [0.25, 0.3) is 0 Å². The topological polar surface area (TPSA) is 20.2 Å². The molecule has 0 amide bonds. The van der Waals surface area contributed by atoms with E-state index in [4.69, 9.17) is 0 Å². The van der Waals surface area contributed by atoms with Gasteiger partial charge in [0.05, 0.1) is 5.60 Å². The summed E-state index contributed by atoms with van der Waals surface area (Å²) in [7, 11) is 0. The van der Waals surface area contributed by atoms with E-state index in [1.54, 1.807) is 0 Å². The van der Waals surface area contributed by atoms with Crippen LogP contribution >= 0.6 is 0 Å². The Morgan fingerprint density at radius 2 is 1.50 bits per heavy atom. The Bertz CT molecular complexity index is 427. The average molecular weight is 242 g/mol. The first-order chi connectivity index (χ1) is 8.75. The van der Waals surface area contributed by atoms with Crippen molar-refractivity contribution in [1.82, 2.24) is 0 Å². The molecule has 2 atom stereocenters. The number of rotatable bonds is 2. The van der Waals surface area contributed by atoms with Crippen LogP contribution in [0, 0.1) is 17.8 Å². The van der Waals surface area contributed by atoms with E-state index in [9.17, 15) is 5.11 Å². The van der Waals surface area contributed by atoms with Crippen molar-refractivity contribution >= 4 is 0 Å². The normalized spacial score (nSPS) is 38.3. The molecule has 0 heterocycles. The molecule has 2 saturated carbocycles. The highest BCUT2D eigenvalue weighted by molar-refractivity contribution is 5.31. The fraction of sp³-hybridized carbons (Fsp3) is 0.647. The molecule has 1 aromatic carbocycles. The summed E-state index contributed by atoms with van der Waals surface area (Å²) >= 11 is 0. The molecular weight excluding hydrogens is 220 g/mol. The van der Waals surface area contributed by atoms with E-state index in [1.165, 1.54) is 36.8 Å². The van der Waals surface area contributed by atoms with Crippen molar-refractivity contribution in [1.29, 1.82) is 0 Å². The Morgan fingerprint density at radius 1 is 0.944 bits per heavy atom. The Morgan fingerprint density at radius 3 is 2.00 bits per heavy atom. The highest BCUT2D eigenvalue weighted by Crippen LogP contribution is 2.52. The number of fused-ring (bicyclic) bond motifs is 3. The zero-order valence-corrected chi connectivity index (χ0v) is 10.9. The van der Waals surface area contributed by atoms with Crippen molar-refractivity contribution in [3.05, 3.63) is 35.4 Å². The lowest BCUT2D eigenvalue weighted by Crippen LogP contribution is -2.40. The SMILES string of the molecule is OC1(CC2CC2)C2CCC1Cc1ccccc1C2. The van der Waals surface area contributed by atoms with Crippen LogP contribution < -0.4 is 0 Å². The van der Waals surface area contributed by atoms with Crippen molar-refractivity contribution in [2.75, 3.05) is 0 Å². The molecule has 0 radical (unpaired) electrons. The first-order valence-corrected chi connectivity index (χ1v) is 7.55. The predicted octanol–water partition coefficient (Wildman–Crippen LogP) is 3.34. The standard InChI is InChI=1S/C17H22O/c18-17(11-12-5-6-12)15-7-8-16(17)10-14-4-2-1-3-13(14)9-15/h1-4,12,15-16,18H,5-11H2. The number of hydrogen-bond donors (Lipinski definition) is 1. The van der Waals surface area contributed by atoms with Gasteiger partial charge in [-0.15, -0.1) is 0 Å². The largest absolute Gasteiger partial charge is 0.389 e. The lowest BCUT2D eigenvalue weighted by atomic mass is 9.78. The summed E-state index contributed by atoms with van der Waals surface area (Å²) in [5.74, 6) is 1.87. The predicted molar refractivity (Wildman–Crippen MR) is 72.4 cm³/mol. The van der Waals surface area contributed by atoms with Crippen LogP contribution in [0.2, 0.25) is 0 Å². The van der Waals surface area contributed by atoms with Crippen LogP contribution in [0.3, 0.4) is 0 Å². The quantitative estimate of drug-likeness (QED) is 0.843. The van der Waals surface area contributed by atoms with Crippen LogP contribution in [0.4, 0.5) is 0 Å². The molecule has 0 saturated heterocycles. The molecule has 0 spiro atoms. The van der Waals surface area contributed by atoms with Crippen molar-refractivity contribution in [3.8, 4) is 0 Å². The molecule has 2 bridgehead atoms. The first-order valence-electron chi connectivity index (χ1n) is 7.55. The van der Waals surface area contributed by atoms with Gasteiger partial charge in [0.2, 0.25) is 0 Å². The van der Waals surface area contributed by atoms with Gasteiger partial charge in [0.25, 0.3) is 0 Å². The van der Waals surface area contributed by atoms with Gasteiger partial charge in [0.1, 0.15) is 0 Å². The summed E-state index contributed by atoms with van der Waals surface area (Å²) in [6, 6.07) is 8.84. The van der Waals surface area contributed by atoms with Crippen molar-refractivity contribution in [3.63, 3.8) is 0 Å². The Labute approximate surface area is 109 Å². The molecule has 4 rings (SSSR count). The van der Waals surface area contributed by atoms with E-state index in [0.717, 1.165) is 25.2 Å². The summed E-state index contributed by atoms with van der Waals surface area (Å²) in [5, 5.41) is 11.2. The molecule has 2 fully saturated rings. The minimum Gasteiger partial charge on any atom is -0.389 e. The summed E-state index contributed by atoms with van der Waals surface area (Å²) in [5.41, 5.74) is 2.65. The van der Waals surface area contributed by atoms with Gasteiger partial charge in [-0.05, 0) is 61.0 Å². The molecule has 96 valence electrons. The molecule has 2 unspecified atom stereocenters. The zero-order chi connectivity index (χ0) is 12.2. The van der Waals surface area contributed by atoms with Gasteiger partial charge in [-0.25, -0.2) is 0 Å². The molecule has 1 aromatic rings. The second-order valence-electron chi connectivity index (χ2n) is 6.79. The number of aliphatic hydroxyl groups is 1. The second kappa shape index (κ2) is 3.84. The van der Waals surface area contributed by atoms with Crippen LogP contribution in [0.5, 0.6) is 0 Å². The second-order valence-corrected chi connectivity index (χ2v) is 6.79. The molecule has 1 N–H and O–H groups in total. The van der Waals surface area contributed by atoms with E-state index in [0.29, 0.717) is 11.8 Å². The summed E-state index contributed by atoms with van der Waals surface area (Å²) < 4.78 is 0. The maximum absolute atomic E-state index is 11.2. The van der Waals surface area contributed by atoms with Gasteiger partial charge in [0, 0.05) is 0 Å². The van der Waals surface area contributed by atoms with Crippen LogP contribution in [0.1, 0.15) is 43.2 Å². The van der Waals surface area contributed by atoms with Crippen molar-refractivity contribution < 1.29 is 5.11 Å². The molecule has 1 heteroatoms. The summed E-state index contributed by atoms with van der Waals surface area (Å²) in [6.45, 7) is 0. The van der Waals surface area contributed by atoms with E-state index in [2.05, 4.69) is 24.3 Å². The lowest BCUT2D eigenvalue weighted by Gasteiger charge is -2.34. The summed E-state index contributed by atoms with van der Waals surface area (Å²) in [4.78, 5) is 0. The lowest BCUT2D eigenvalue weighted by molar-refractivity contribution is -0.0452. The van der Waals surface area contributed by atoms with E-state index >= 15 is 0 Å². The monoisotopic (exact) mass is 242 g/mol. The Balaban J connectivity index is 1.69. The summed E-state index contributed by atoms with van der Waals surface area (Å²) in [6.07, 6.45) is 8.48. The fourth-order valence-corrected chi connectivity index (χ4v) is 4.40. The highest BCUT2D eigenvalue weighted by atomic mass is 16.3. The molecule has 3 aliphatic rings. The molecule has 0 aromatic heterocycles. The van der Waals surface area contributed by atoms with Gasteiger partial charge in [-0.1, -0.05) is 37.1 Å². The zero-order valence-electron chi connectivity index (χ0n) is 10.9. The van der Waals surface area contributed by atoms with Gasteiger partial charge in [0.15, 0.2) is 0 Å². The van der Waals surface area contributed by atoms with Crippen LogP contribution in [-0.2, 0) is 12.8 Å². The smallest absolute Gasteiger partial charge is 0.0712 e. The minimum absolute atomic E-state index is 0.347. The average Bonchev–Trinajstić information content (AvgIpc) is 3.09. The van der Waals surface area contributed by atoms with Gasteiger partial charge >= 0.3 is 0 Å². The fourth-order valence-electron chi connectivity index (χ4n) is 4.40. The first kappa shape index (κ1) is 11.0. The molecule has 18 heavy (non-hydrogen) atoms. The van der Waals surface area contributed by atoms with Gasteiger partial charge in [-0.2, -0.15) is 0 Å². The van der Waals surface area contributed by atoms with E-state index in [1.807, 2.05) is 0 Å². The molecular formula is C17H22O. The van der Waals surface area contributed by atoms with E-state index in [-0.39, 0.29) is 5.60 Å². The van der Waals surface area contributed by atoms with E-state index < -0.39 is 0 Å². The number of benzene rings is 1. The Kier molecular flexibility index (Phi) is 2.35. The minimum atomic E-state index is -0.347. The maximum Gasteiger partial charge on any atom is 0.0712 e. The van der Waals surface area contributed by atoms with Gasteiger partial charge in [-0.3, -0.25) is 0 Å². The Hall–Kier alpha value is -0.820. The highest BCUT2D eigenvalue weighted by Gasteiger charge is 2.52. The maximum atomic E-state index is 11.2. The van der Waals surface area contributed by atoms with Crippen molar-refractivity contribution in [2.45, 2.75) is 50.5 Å². The third kappa shape index (κ3) is 1.64.